The molecule has 82 valence electrons. The summed E-state index contributed by atoms with van der Waals surface area (Å²) in [7, 11) is 0. The Bertz CT molecular complexity index is 340. The van der Waals surface area contributed by atoms with Gasteiger partial charge in [0.25, 0.3) is 0 Å². The molecule has 0 aromatic carbocycles. The lowest BCUT2D eigenvalue weighted by molar-refractivity contribution is 0.195. The number of nitrogens with zero attached hydrogens (tertiary/aromatic N) is 2. The molecule has 0 radical (unpaired) electrons. The number of pyridine rings is 1. The van der Waals surface area contributed by atoms with Crippen LogP contribution in [0.1, 0.15) is 18.9 Å². The molecule has 0 saturated heterocycles. The van der Waals surface area contributed by atoms with Crippen molar-refractivity contribution in [2.75, 3.05) is 0 Å². The van der Waals surface area contributed by atoms with Gasteiger partial charge in [0.1, 0.15) is 0 Å². The second-order valence-electron chi connectivity index (χ2n) is 2.56. The lowest BCUT2D eigenvalue weighted by Crippen LogP contribution is -2.17. The summed E-state index contributed by atoms with van der Waals surface area (Å²) in [6.07, 6.45) is 2.78. The molecule has 0 fully saturated rings. The minimum absolute atomic E-state index is 0. The molecule has 0 aliphatic heterocycles. The van der Waals surface area contributed by atoms with Gasteiger partial charge < -0.3 is 5.11 Å². The molecule has 0 saturated carbocycles. The molecule has 0 aliphatic rings. The number of hydrogen-bond acceptors (Lipinski definition) is 3. The Morgan fingerprint density at radius 3 is 2.60 bits per heavy atom. The number of hydrogen-bond donors (Lipinski definition) is 2. The highest BCUT2D eigenvalue weighted by atomic mass is 35.5. The molecule has 1 heterocycles. The number of aromatic nitrogens is 1. The third-order valence-electron chi connectivity index (χ3n) is 1.63. The van der Waals surface area contributed by atoms with Gasteiger partial charge in [0.15, 0.2) is 0 Å². The van der Waals surface area contributed by atoms with Gasteiger partial charge in [-0.15, -0.1) is 12.4 Å². The highest BCUT2D eigenvalue weighted by Crippen LogP contribution is 2.01. The number of rotatable bonds is 3. The molecule has 0 atom stereocenters. The molecule has 0 bridgehead atoms. The van der Waals surface area contributed by atoms with E-state index in [1.54, 1.807) is 24.5 Å². The van der Waals surface area contributed by atoms with Gasteiger partial charge in [-0.05, 0) is 18.6 Å². The molecule has 1 aromatic rings. The summed E-state index contributed by atoms with van der Waals surface area (Å²) < 4.78 is 0. The van der Waals surface area contributed by atoms with Crippen LogP contribution >= 0.6 is 12.4 Å². The molecule has 0 spiro atoms. The fraction of sp³-hybridized carbons (Fsp3) is 0.222. The van der Waals surface area contributed by atoms with Crippen LogP contribution in [0.25, 0.3) is 0 Å². The topological polar surface area (TPSA) is 74.6 Å². The summed E-state index contributed by atoms with van der Waals surface area (Å²) in [4.78, 5) is 14.1. The van der Waals surface area contributed by atoms with E-state index < -0.39 is 6.09 Å². The van der Waals surface area contributed by atoms with Crippen LogP contribution in [0.15, 0.2) is 29.6 Å². The van der Waals surface area contributed by atoms with Crippen LogP contribution in [0.3, 0.4) is 0 Å². The molecule has 1 rings (SSSR count). The van der Waals surface area contributed by atoms with Gasteiger partial charge in [0.05, 0.1) is 5.71 Å². The Labute approximate surface area is 93.6 Å². The average molecular weight is 230 g/mol. The molecule has 2 N–H and O–H groups in total. The maximum Gasteiger partial charge on any atom is 0.425 e. The third kappa shape index (κ3) is 4.42. The molecule has 1 aromatic heterocycles. The maximum atomic E-state index is 10.2. The fourth-order valence-corrected chi connectivity index (χ4v) is 1.01. The van der Waals surface area contributed by atoms with Crippen LogP contribution < -0.4 is 5.43 Å². The molecule has 1 amide bonds. The van der Waals surface area contributed by atoms with Crippen molar-refractivity contribution in [1.82, 2.24) is 10.4 Å². The number of carbonyl (C=O) groups is 1. The number of amides is 1. The Balaban J connectivity index is 0.00000196. The Morgan fingerprint density at radius 1 is 1.53 bits per heavy atom. The van der Waals surface area contributed by atoms with Gasteiger partial charge in [0, 0.05) is 18.0 Å². The predicted molar refractivity (Wildman–Crippen MR) is 59.5 cm³/mol. The van der Waals surface area contributed by atoms with Crippen molar-refractivity contribution in [2.45, 2.75) is 13.3 Å². The molecule has 5 nitrogen and oxygen atoms in total. The van der Waals surface area contributed by atoms with Gasteiger partial charge in [0.2, 0.25) is 0 Å². The van der Waals surface area contributed by atoms with E-state index in [4.69, 9.17) is 5.11 Å². The van der Waals surface area contributed by atoms with Crippen LogP contribution in [0.4, 0.5) is 4.79 Å². The quantitative estimate of drug-likeness (QED) is 0.614. The van der Waals surface area contributed by atoms with Gasteiger partial charge >= 0.3 is 6.09 Å². The van der Waals surface area contributed by atoms with Crippen molar-refractivity contribution in [3.63, 3.8) is 0 Å². The zero-order valence-electron chi connectivity index (χ0n) is 8.17. The Morgan fingerprint density at radius 2 is 2.13 bits per heavy atom. The lowest BCUT2D eigenvalue weighted by Gasteiger charge is -2.02. The third-order valence-corrected chi connectivity index (χ3v) is 1.63. The zero-order chi connectivity index (χ0) is 10.4. The van der Waals surface area contributed by atoms with E-state index in [9.17, 15) is 4.79 Å². The van der Waals surface area contributed by atoms with Crippen LogP contribution in [0, 0.1) is 0 Å². The second kappa shape index (κ2) is 6.78. The number of hydrazone groups is 1. The summed E-state index contributed by atoms with van der Waals surface area (Å²) >= 11 is 0. The van der Waals surface area contributed by atoms with E-state index in [0.29, 0.717) is 12.1 Å². The highest BCUT2D eigenvalue weighted by molar-refractivity contribution is 6.00. The number of halogens is 1. The van der Waals surface area contributed by atoms with E-state index in [0.717, 1.165) is 5.56 Å². The van der Waals surface area contributed by atoms with Crippen molar-refractivity contribution in [1.29, 1.82) is 0 Å². The van der Waals surface area contributed by atoms with Gasteiger partial charge in [-0.1, -0.05) is 6.92 Å². The normalized spacial score (nSPS) is 10.3. The van der Waals surface area contributed by atoms with Crippen LogP contribution in [-0.2, 0) is 0 Å². The van der Waals surface area contributed by atoms with E-state index >= 15 is 0 Å². The zero-order valence-corrected chi connectivity index (χ0v) is 8.99. The lowest BCUT2D eigenvalue weighted by atomic mass is 10.1. The first-order valence-corrected chi connectivity index (χ1v) is 4.20. The minimum atomic E-state index is -1.16. The largest absolute Gasteiger partial charge is 0.464 e. The number of nitrogens with one attached hydrogen (secondary N) is 1. The van der Waals surface area contributed by atoms with Crippen molar-refractivity contribution in [3.8, 4) is 0 Å². The standard InChI is InChI=1S/C9H11N3O2.ClH/c1-2-8(11-12-9(13)14)7-3-5-10-6-4-7;/h3-6,12H,2H2,1H3,(H,13,14);1H. The molecule has 6 heteroatoms. The fourth-order valence-electron chi connectivity index (χ4n) is 1.01. The first-order valence-electron chi connectivity index (χ1n) is 4.20. The summed E-state index contributed by atoms with van der Waals surface area (Å²) in [6.45, 7) is 1.91. The van der Waals surface area contributed by atoms with Crippen LogP contribution in [0.5, 0.6) is 0 Å². The van der Waals surface area contributed by atoms with Gasteiger partial charge in [-0.2, -0.15) is 5.10 Å². The monoisotopic (exact) mass is 229 g/mol. The molecule has 0 unspecified atom stereocenters. The summed E-state index contributed by atoms with van der Waals surface area (Å²) in [5, 5.41) is 12.1. The van der Waals surface area contributed by atoms with Crippen LogP contribution in [0.2, 0.25) is 0 Å². The van der Waals surface area contributed by atoms with Crippen molar-refractivity contribution in [2.24, 2.45) is 5.10 Å². The van der Waals surface area contributed by atoms with Crippen LogP contribution in [-0.4, -0.2) is 21.9 Å². The predicted octanol–water partition coefficient (Wildman–Crippen LogP) is 1.89. The molecular formula is C9H12ClN3O2. The smallest absolute Gasteiger partial charge is 0.425 e. The van der Waals surface area contributed by atoms with E-state index in [1.807, 2.05) is 12.3 Å². The highest BCUT2D eigenvalue weighted by Gasteiger charge is 2.00. The average Bonchev–Trinajstić information content (AvgIpc) is 2.20. The first kappa shape index (κ1) is 13.4. The Kier molecular flexibility index (Phi) is 6.05. The summed E-state index contributed by atoms with van der Waals surface area (Å²) in [6, 6.07) is 3.57. The van der Waals surface area contributed by atoms with Gasteiger partial charge in [-0.3, -0.25) is 4.98 Å². The number of carboxylic acid groups (broad SMARTS) is 1. The molecular weight excluding hydrogens is 218 g/mol. The SMILES string of the molecule is CCC(=NNC(=O)O)c1ccncc1.Cl. The van der Waals surface area contributed by atoms with Crippen molar-refractivity contribution < 1.29 is 9.90 Å². The minimum Gasteiger partial charge on any atom is -0.464 e. The van der Waals surface area contributed by atoms with Gasteiger partial charge in [-0.25, -0.2) is 10.2 Å². The van der Waals surface area contributed by atoms with E-state index in [2.05, 4.69) is 10.1 Å². The maximum absolute atomic E-state index is 10.2. The van der Waals surface area contributed by atoms with E-state index in [1.165, 1.54) is 0 Å². The van der Waals surface area contributed by atoms with Crippen molar-refractivity contribution >= 4 is 24.2 Å². The summed E-state index contributed by atoms with van der Waals surface area (Å²) in [5.74, 6) is 0. The molecule has 15 heavy (non-hydrogen) atoms. The second-order valence-corrected chi connectivity index (χ2v) is 2.56. The first-order chi connectivity index (χ1) is 6.74. The molecule has 0 aliphatic carbocycles. The Hall–Kier alpha value is -1.62. The van der Waals surface area contributed by atoms with E-state index in [-0.39, 0.29) is 12.4 Å². The summed E-state index contributed by atoms with van der Waals surface area (Å²) in [5.41, 5.74) is 3.54. The van der Waals surface area contributed by atoms with Crippen molar-refractivity contribution in [3.05, 3.63) is 30.1 Å².